The second-order valence-corrected chi connectivity index (χ2v) is 6.19. The SMILES string of the molecule is OC1CCCCCCCCCCC1N1CCOCC1. The van der Waals surface area contributed by atoms with Crippen LogP contribution in [0.5, 0.6) is 0 Å². The smallest absolute Gasteiger partial charge is 0.0695 e. The van der Waals surface area contributed by atoms with E-state index in [2.05, 4.69) is 4.90 Å². The number of aliphatic hydroxyl groups excluding tert-OH is 1. The Morgan fingerprint density at radius 1 is 0.737 bits per heavy atom. The molecule has 2 fully saturated rings. The molecule has 3 nitrogen and oxygen atoms in total. The molecule has 1 aliphatic heterocycles. The summed E-state index contributed by atoms with van der Waals surface area (Å²) in [5.74, 6) is 0. The first-order valence-corrected chi connectivity index (χ1v) is 8.38. The van der Waals surface area contributed by atoms with Crippen LogP contribution in [0, 0.1) is 0 Å². The minimum atomic E-state index is -0.127. The molecule has 0 bridgehead atoms. The fraction of sp³-hybridized carbons (Fsp3) is 1.00. The average molecular weight is 269 g/mol. The lowest BCUT2D eigenvalue weighted by Crippen LogP contribution is -2.49. The Bertz CT molecular complexity index is 229. The summed E-state index contributed by atoms with van der Waals surface area (Å²) < 4.78 is 5.44. The largest absolute Gasteiger partial charge is 0.391 e. The van der Waals surface area contributed by atoms with E-state index in [0.29, 0.717) is 6.04 Å². The number of rotatable bonds is 1. The molecule has 19 heavy (non-hydrogen) atoms. The molecule has 2 aliphatic rings. The van der Waals surface area contributed by atoms with Gasteiger partial charge in [-0.3, -0.25) is 4.90 Å². The number of nitrogens with zero attached hydrogens (tertiary/aromatic N) is 1. The summed E-state index contributed by atoms with van der Waals surface area (Å²) >= 11 is 0. The van der Waals surface area contributed by atoms with Crippen LogP contribution in [0.2, 0.25) is 0 Å². The van der Waals surface area contributed by atoms with Gasteiger partial charge < -0.3 is 9.84 Å². The lowest BCUT2D eigenvalue weighted by atomic mass is 9.94. The van der Waals surface area contributed by atoms with Gasteiger partial charge in [0.25, 0.3) is 0 Å². The van der Waals surface area contributed by atoms with Crippen LogP contribution in [0.3, 0.4) is 0 Å². The topological polar surface area (TPSA) is 32.7 Å². The maximum Gasteiger partial charge on any atom is 0.0695 e. The predicted molar refractivity (Wildman–Crippen MR) is 78.4 cm³/mol. The lowest BCUT2D eigenvalue weighted by Gasteiger charge is -2.37. The maximum absolute atomic E-state index is 10.5. The summed E-state index contributed by atoms with van der Waals surface area (Å²) in [5.41, 5.74) is 0. The van der Waals surface area contributed by atoms with Crippen LogP contribution < -0.4 is 0 Å². The second kappa shape index (κ2) is 8.93. The van der Waals surface area contributed by atoms with Crippen molar-refractivity contribution in [1.82, 2.24) is 4.90 Å². The molecule has 2 rings (SSSR count). The summed E-state index contributed by atoms with van der Waals surface area (Å²) in [4.78, 5) is 2.47. The van der Waals surface area contributed by atoms with E-state index in [4.69, 9.17) is 4.74 Å². The van der Waals surface area contributed by atoms with Crippen molar-refractivity contribution in [3.05, 3.63) is 0 Å². The number of ether oxygens (including phenoxy) is 1. The van der Waals surface area contributed by atoms with E-state index >= 15 is 0 Å². The van der Waals surface area contributed by atoms with Crippen LogP contribution in [-0.2, 0) is 4.74 Å². The Kier molecular flexibility index (Phi) is 7.18. The van der Waals surface area contributed by atoms with Crippen molar-refractivity contribution in [3.8, 4) is 0 Å². The third-order valence-electron chi connectivity index (χ3n) is 4.71. The van der Waals surface area contributed by atoms with Gasteiger partial charge >= 0.3 is 0 Å². The van der Waals surface area contributed by atoms with E-state index in [1.807, 2.05) is 0 Å². The van der Waals surface area contributed by atoms with Crippen LogP contribution in [-0.4, -0.2) is 48.5 Å². The first-order chi connectivity index (χ1) is 9.38. The fourth-order valence-electron chi connectivity index (χ4n) is 3.49. The van der Waals surface area contributed by atoms with Gasteiger partial charge in [0.1, 0.15) is 0 Å². The zero-order valence-corrected chi connectivity index (χ0v) is 12.4. The van der Waals surface area contributed by atoms with Gasteiger partial charge in [-0.1, -0.05) is 51.4 Å². The van der Waals surface area contributed by atoms with Crippen molar-refractivity contribution < 1.29 is 9.84 Å². The molecule has 1 heterocycles. The standard InChI is InChI=1S/C16H31NO2/c18-16-10-8-6-4-2-1-3-5-7-9-15(16)17-11-13-19-14-12-17/h15-16,18H,1-14H2. The molecule has 112 valence electrons. The van der Waals surface area contributed by atoms with Gasteiger partial charge in [0.2, 0.25) is 0 Å². The molecule has 0 aromatic carbocycles. The van der Waals surface area contributed by atoms with Gasteiger partial charge in [-0.2, -0.15) is 0 Å². The zero-order chi connectivity index (χ0) is 13.3. The minimum Gasteiger partial charge on any atom is -0.391 e. The third-order valence-corrected chi connectivity index (χ3v) is 4.71. The molecule has 1 aliphatic carbocycles. The number of hydrogen-bond acceptors (Lipinski definition) is 3. The Hall–Kier alpha value is -0.120. The van der Waals surface area contributed by atoms with E-state index in [-0.39, 0.29) is 6.10 Å². The Labute approximate surface area is 118 Å². The van der Waals surface area contributed by atoms with E-state index in [0.717, 1.165) is 32.7 Å². The highest BCUT2D eigenvalue weighted by Gasteiger charge is 2.26. The van der Waals surface area contributed by atoms with Gasteiger partial charge in [0.15, 0.2) is 0 Å². The highest BCUT2D eigenvalue weighted by atomic mass is 16.5. The highest BCUT2D eigenvalue weighted by Crippen LogP contribution is 2.21. The first kappa shape index (κ1) is 15.3. The number of morpholine rings is 1. The van der Waals surface area contributed by atoms with E-state index < -0.39 is 0 Å². The molecular formula is C16H31NO2. The molecule has 0 aromatic rings. The third kappa shape index (κ3) is 5.41. The number of aliphatic hydroxyl groups is 1. The van der Waals surface area contributed by atoms with Crippen LogP contribution >= 0.6 is 0 Å². The summed E-state index contributed by atoms with van der Waals surface area (Å²) in [6, 6.07) is 0.378. The molecule has 0 aromatic heterocycles. The molecule has 2 unspecified atom stereocenters. The van der Waals surface area contributed by atoms with Crippen LogP contribution in [0.1, 0.15) is 64.2 Å². The normalized spacial score (nSPS) is 33.3. The highest BCUT2D eigenvalue weighted by molar-refractivity contribution is 4.81. The van der Waals surface area contributed by atoms with Crippen molar-refractivity contribution in [1.29, 1.82) is 0 Å². The average Bonchev–Trinajstić information content (AvgIpc) is 2.44. The molecular weight excluding hydrogens is 238 g/mol. The lowest BCUT2D eigenvalue weighted by molar-refractivity contribution is -0.0277. The summed E-state index contributed by atoms with van der Waals surface area (Å²) in [7, 11) is 0. The van der Waals surface area contributed by atoms with Crippen molar-refractivity contribution >= 4 is 0 Å². The van der Waals surface area contributed by atoms with Gasteiger partial charge in [0, 0.05) is 19.1 Å². The minimum absolute atomic E-state index is 0.127. The second-order valence-electron chi connectivity index (χ2n) is 6.19. The zero-order valence-electron chi connectivity index (χ0n) is 12.4. The van der Waals surface area contributed by atoms with Crippen molar-refractivity contribution in [2.24, 2.45) is 0 Å². The maximum atomic E-state index is 10.5. The summed E-state index contributed by atoms with van der Waals surface area (Å²) in [5, 5.41) is 10.5. The van der Waals surface area contributed by atoms with Crippen LogP contribution in [0.4, 0.5) is 0 Å². The Morgan fingerprint density at radius 2 is 1.26 bits per heavy atom. The van der Waals surface area contributed by atoms with Gasteiger partial charge in [-0.25, -0.2) is 0 Å². The molecule has 2 atom stereocenters. The molecule has 0 radical (unpaired) electrons. The fourth-order valence-corrected chi connectivity index (χ4v) is 3.49. The molecule has 1 saturated heterocycles. The quantitative estimate of drug-likeness (QED) is 0.794. The molecule has 3 heteroatoms. The van der Waals surface area contributed by atoms with Crippen molar-refractivity contribution in [3.63, 3.8) is 0 Å². The number of hydrogen-bond donors (Lipinski definition) is 1. The van der Waals surface area contributed by atoms with Gasteiger partial charge in [0.05, 0.1) is 19.3 Å². The van der Waals surface area contributed by atoms with Crippen molar-refractivity contribution in [2.75, 3.05) is 26.3 Å². The first-order valence-electron chi connectivity index (χ1n) is 8.38. The van der Waals surface area contributed by atoms with Gasteiger partial charge in [-0.05, 0) is 12.8 Å². The molecule has 0 amide bonds. The van der Waals surface area contributed by atoms with E-state index in [1.54, 1.807) is 0 Å². The summed E-state index contributed by atoms with van der Waals surface area (Å²) in [6.07, 6.45) is 12.7. The Morgan fingerprint density at radius 3 is 1.89 bits per heavy atom. The predicted octanol–water partition coefficient (Wildman–Crippen LogP) is 2.96. The van der Waals surface area contributed by atoms with E-state index in [1.165, 1.54) is 57.8 Å². The van der Waals surface area contributed by atoms with E-state index in [9.17, 15) is 5.11 Å². The molecule has 1 N–H and O–H groups in total. The monoisotopic (exact) mass is 269 g/mol. The van der Waals surface area contributed by atoms with Gasteiger partial charge in [-0.15, -0.1) is 0 Å². The summed E-state index contributed by atoms with van der Waals surface area (Å²) in [6.45, 7) is 3.68. The van der Waals surface area contributed by atoms with Crippen molar-refractivity contribution in [2.45, 2.75) is 76.4 Å². The molecule has 1 saturated carbocycles. The van der Waals surface area contributed by atoms with Crippen LogP contribution in [0.25, 0.3) is 0 Å². The van der Waals surface area contributed by atoms with Crippen LogP contribution in [0.15, 0.2) is 0 Å². The Balaban J connectivity index is 1.86. The molecule has 0 spiro atoms.